The van der Waals surface area contributed by atoms with Gasteiger partial charge in [-0.2, -0.15) is 0 Å². The third kappa shape index (κ3) is 5.37. The van der Waals surface area contributed by atoms with Gasteiger partial charge in [-0.05, 0) is 60.5 Å². The van der Waals surface area contributed by atoms with Crippen LogP contribution in [0.4, 0.5) is 20.6 Å². The van der Waals surface area contributed by atoms with Gasteiger partial charge >= 0.3 is 6.03 Å². The van der Waals surface area contributed by atoms with Crippen LogP contribution in [-0.4, -0.2) is 34.5 Å². The molecule has 1 aliphatic rings. The molecule has 0 fully saturated rings. The van der Waals surface area contributed by atoms with Crippen molar-refractivity contribution in [2.75, 3.05) is 23.3 Å². The van der Waals surface area contributed by atoms with Crippen molar-refractivity contribution in [2.24, 2.45) is 0 Å². The van der Waals surface area contributed by atoms with E-state index < -0.39 is 12.1 Å². The molecule has 1 unspecified atom stereocenters. The van der Waals surface area contributed by atoms with Crippen molar-refractivity contribution >= 4 is 46.5 Å². The number of unbranched alkanes of at least 4 members (excludes halogenated alkanes) is 1. The Hall–Kier alpha value is -3.81. The SMILES string of the molecule is CCCCN(CC(=O)N1c2ccccc2-n2cccc2C1c1ccc(F)cc1)C(=O)Nc1c(Cl)cccc1Cl. The molecule has 0 spiro atoms. The predicted octanol–water partition coefficient (Wildman–Crippen LogP) is 7.69. The number of nitrogens with one attached hydrogen (secondary N) is 1. The first-order chi connectivity index (χ1) is 18.9. The number of rotatable bonds is 7. The van der Waals surface area contributed by atoms with E-state index in [9.17, 15) is 14.0 Å². The maximum absolute atomic E-state index is 14.2. The fourth-order valence-electron chi connectivity index (χ4n) is 4.87. The molecule has 0 saturated heterocycles. The van der Waals surface area contributed by atoms with Gasteiger partial charge in [0.25, 0.3) is 0 Å². The van der Waals surface area contributed by atoms with Crippen LogP contribution in [0.1, 0.15) is 37.1 Å². The number of carbonyl (C=O) groups is 2. The van der Waals surface area contributed by atoms with E-state index in [1.165, 1.54) is 17.0 Å². The van der Waals surface area contributed by atoms with E-state index in [1.54, 1.807) is 35.2 Å². The average Bonchev–Trinajstić information content (AvgIpc) is 3.43. The van der Waals surface area contributed by atoms with Gasteiger partial charge in [0.05, 0.1) is 32.8 Å². The van der Waals surface area contributed by atoms with Gasteiger partial charge in [0.2, 0.25) is 5.91 Å². The second-order valence-electron chi connectivity index (χ2n) is 9.31. The van der Waals surface area contributed by atoms with Crippen molar-refractivity contribution < 1.29 is 14.0 Å². The predicted molar refractivity (Wildman–Crippen MR) is 153 cm³/mol. The van der Waals surface area contributed by atoms with Crippen LogP contribution in [0.25, 0.3) is 5.69 Å². The number of urea groups is 1. The summed E-state index contributed by atoms with van der Waals surface area (Å²) in [4.78, 5) is 30.8. The Balaban J connectivity index is 1.51. The summed E-state index contributed by atoms with van der Waals surface area (Å²) >= 11 is 12.6. The molecule has 5 rings (SSSR count). The Morgan fingerprint density at radius 3 is 2.31 bits per heavy atom. The van der Waals surface area contributed by atoms with E-state index >= 15 is 0 Å². The first-order valence-electron chi connectivity index (χ1n) is 12.7. The minimum absolute atomic E-state index is 0.180. The maximum Gasteiger partial charge on any atom is 0.322 e. The third-order valence-corrected chi connectivity index (χ3v) is 7.39. The summed E-state index contributed by atoms with van der Waals surface area (Å²) in [6.07, 6.45) is 3.49. The van der Waals surface area contributed by atoms with Crippen LogP contribution < -0.4 is 10.2 Å². The molecule has 2 heterocycles. The molecular weight excluding hydrogens is 538 g/mol. The van der Waals surface area contributed by atoms with Crippen LogP contribution in [0.15, 0.2) is 85.1 Å². The van der Waals surface area contributed by atoms with Crippen molar-refractivity contribution in [3.8, 4) is 5.69 Å². The molecule has 0 radical (unpaired) electrons. The Labute approximate surface area is 236 Å². The molecule has 39 heavy (non-hydrogen) atoms. The molecule has 1 N–H and O–H groups in total. The molecule has 0 bridgehead atoms. The highest BCUT2D eigenvalue weighted by Gasteiger charge is 2.37. The Morgan fingerprint density at radius 1 is 0.923 bits per heavy atom. The van der Waals surface area contributed by atoms with Crippen LogP contribution >= 0.6 is 23.2 Å². The molecule has 0 saturated carbocycles. The lowest BCUT2D eigenvalue weighted by Gasteiger charge is -2.39. The molecule has 3 amide bonds. The van der Waals surface area contributed by atoms with Gasteiger partial charge in [0, 0.05) is 12.7 Å². The molecule has 1 aliphatic heterocycles. The van der Waals surface area contributed by atoms with E-state index in [-0.39, 0.29) is 18.3 Å². The minimum atomic E-state index is -0.517. The molecule has 3 aromatic carbocycles. The monoisotopic (exact) mass is 564 g/mol. The molecule has 1 aromatic heterocycles. The average molecular weight is 565 g/mol. The maximum atomic E-state index is 14.2. The largest absolute Gasteiger partial charge is 0.322 e. The van der Waals surface area contributed by atoms with Gasteiger partial charge in [0.15, 0.2) is 0 Å². The lowest BCUT2D eigenvalue weighted by Crippen LogP contribution is -2.48. The zero-order valence-electron chi connectivity index (χ0n) is 21.3. The topological polar surface area (TPSA) is 57.6 Å². The molecule has 6 nitrogen and oxygen atoms in total. The number of para-hydroxylation sites is 3. The zero-order valence-corrected chi connectivity index (χ0v) is 22.8. The number of aromatic nitrogens is 1. The first-order valence-corrected chi connectivity index (χ1v) is 13.5. The summed E-state index contributed by atoms with van der Waals surface area (Å²) in [5.74, 6) is -0.635. The third-order valence-electron chi connectivity index (χ3n) is 6.76. The number of amides is 3. The highest BCUT2D eigenvalue weighted by molar-refractivity contribution is 6.39. The van der Waals surface area contributed by atoms with Crippen molar-refractivity contribution in [1.82, 2.24) is 9.47 Å². The molecular formula is C30H27Cl2FN4O2. The number of nitrogens with zero attached hydrogens (tertiary/aromatic N) is 3. The van der Waals surface area contributed by atoms with Crippen LogP contribution in [0.5, 0.6) is 0 Å². The van der Waals surface area contributed by atoms with Crippen molar-refractivity contribution in [1.29, 1.82) is 0 Å². The summed E-state index contributed by atoms with van der Waals surface area (Å²) in [7, 11) is 0. The van der Waals surface area contributed by atoms with Gasteiger partial charge < -0.3 is 14.8 Å². The quantitative estimate of drug-likeness (QED) is 0.250. The lowest BCUT2D eigenvalue weighted by molar-refractivity contribution is -0.119. The van der Waals surface area contributed by atoms with E-state index in [2.05, 4.69) is 5.32 Å². The van der Waals surface area contributed by atoms with Crippen molar-refractivity contribution in [2.45, 2.75) is 25.8 Å². The molecule has 200 valence electrons. The Bertz CT molecular complexity index is 1480. The number of hydrogen-bond acceptors (Lipinski definition) is 2. The summed E-state index contributed by atoms with van der Waals surface area (Å²) in [6, 6.07) is 21.6. The van der Waals surface area contributed by atoms with Crippen molar-refractivity contribution in [3.05, 3.63) is 112 Å². The Morgan fingerprint density at radius 2 is 1.62 bits per heavy atom. The lowest BCUT2D eigenvalue weighted by atomic mass is 9.97. The van der Waals surface area contributed by atoms with E-state index in [0.29, 0.717) is 34.4 Å². The Kier molecular flexibility index (Phi) is 7.91. The smallest absolute Gasteiger partial charge is 0.316 e. The van der Waals surface area contributed by atoms with Gasteiger partial charge in [-0.1, -0.05) is 66.9 Å². The number of hydrogen-bond donors (Lipinski definition) is 1. The van der Waals surface area contributed by atoms with Crippen LogP contribution in [0, 0.1) is 5.82 Å². The van der Waals surface area contributed by atoms with Gasteiger partial charge in [-0.15, -0.1) is 0 Å². The van der Waals surface area contributed by atoms with Crippen LogP contribution in [0.3, 0.4) is 0 Å². The summed E-state index contributed by atoms with van der Waals surface area (Å²) in [5.41, 5.74) is 3.46. The van der Waals surface area contributed by atoms with Gasteiger partial charge in [0.1, 0.15) is 18.4 Å². The van der Waals surface area contributed by atoms with Crippen LogP contribution in [-0.2, 0) is 4.79 Å². The molecule has 9 heteroatoms. The zero-order chi connectivity index (χ0) is 27.5. The van der Waals surface area contributed by atoms with Gasteiger partial charge in [-0.25, -0.2) is 9.18 Å². The van der Waals surface area contributed by atoms with Crippen molar-refractivity contribution in [3.63, 3.8) is 0 Å². The number of benzene rings is 3. The summed E-state index contributed by atoms with van der Waals surface area (Å²) < 4.78 is 15.9. The number of anilines is 2. The fraction of sp³-hybridized carbons (Fsp3) is 0.200. The van der Waals surface area contributed by atoms with E-state index in [1.807, 2.05) is 54.1 Å². The van der Waals surface area contributed by atoms with E-state index in [0.717, 1.165) is 23.4 Å². The molecule has 4 aromatic rings. The van der Waals surface area contributed by atoms with Gasteiger partial charge in [-0.3, -0.25) is 9.69 Å². The second-order valence-corrected chi connectivity index (χ2v) is 10.1. The second kappa shape index (κ2) is 11.5. The fourth-order valence-corrected chi connectivity index (χ4v) is 5.36. The first kappa shape index (κ1) is 26.8. The highest BCUT2D eigenvalue weighted by Crippen LogP contribution is 2.42. The standard InChI is InChI=1S/C30H27Cl2FN4O2/c1-2-3-17-35(30(39)34-28-22(31)8-6-9-23(28)32)19-27(38)37-25-11-5-4-10-24(25)36-18-7-12-26(36)29(37)20-13-15-21(33)16-14-20/h4-16,18,29H,2-3,17,19H2,1H3,(H,34,39). The normalized spacial score (nSPS) is 13.9. The number of carbonyl (C=O) groups excluding carboxylic acids is 2. The molecule has 1 atom stereocenters. The number of fused-ring (bicyclic) bond motifs is 3. The summed E-state index contributed by atoms with van der Waals surface area (Å²) in [5, 5.41) is 3.39. The van der Waals surface area contributed by atoms with E-state index in [4.69, 9.17) is 23.2 Å². The number of halogens is 3. The summed E-state index contributed by atoms with van der Waals surface area (Å²) in [6.45, 7) is 2.20. The molecule has 0 aliphatic carbocycles. The highest BCUT2D eigenvalue weighted by atomic mass is 35.5. The minimum Gasteiger partial charge on any atom is -0.316 e. The van der Waals surface area contributed by atoms with Crippen LogP contribution in [0.2, 0.25) is 10.0 Å².